The maximum absolute atomic E-state index is 11.1. The molecule has 1 amide bonds. The molecule has 1 aromatic heterocycles. The number of para-hydroxylation sites is 1. The summed E-state index contributed by atoms with van der Waals surface area (Å²) in [4.78, 5) is 21.6. The summed E-state index contributed by atoms with van der Waals surface area (Å²) in [5, 5.41) is 0.796. The highest BCUT2D eigenvalue weighted by Gasteiger charge is 2.11. The van der Waals surface area contributed by atoms with E-state index in [4.69, 9.17) is 5.73 Å². The van der Waals surface area contributed by atoms with Gasteiger partial charge in [0.05, 0.1) is 5.52 Å². The summed E-state index contributed by atoms with van der Waals surface area (Å²) < 4.78 is 1.14. The van der Waals surface area contributed by atoms with Crippen LogP contribution in [-0.2, 0) is 4.79 Å². The Morgan fingerprint density at radius 1 is 1.36 bits per heavy atom. The fourth-order valence-corrected chi connectivity index (χ4v) is 1.47. The standard InChI is InChI=1S/C10H7N2O2/c11-10(14)12-8(6-13)5-7-3-1-2-4-9(7)12/h1-5H,(H2,11,14). The first-order chi connectivity index (χ1) is 6.74. The average Bonchev–Trinajstić information content (AvgIpc) is 2.55. The van der Waals surface area contributed by atoms with Crippen LogP contribution in [0.5, 0.6) is 0 Å². The van der Waals surface area contributed by atoms with Crippen molar-refractivity contribution in [3.8, 4) is 0 Å². The van der Waals surface area contributed by atoms with Gasteiger partial charge in [0.15, 0.2) is 0 Å². The molecule has 14 heavy (non-hydrogen) atoms. The van der Waals surface area contributed by atoms with E-state index in [1.807, 2.05) is 6.07 Å². The number of hydrogen-bond acceptors (Lipinski definition) is 2. The van der Waals surface area contributed by atoms with Crippen LogP contribution in [0.2, 0.25) is 0 Å². The molecule has 0 aliphatic carbocycles. The molecule has 69 valence electrons. The van der Waals surface area contributed by atoms with Gasteiger partial charge in [-0.05, 0) is 12.1 Å². The minimum atomic E-state index is -0.676. The minimum Gasteiger partial charge on any atom is -0.351 e. The van der Waals surface area contributed by atoms with Gasteiger partial charge in [0.1, 0.15) is 5.69 Å². The van der Waals surface area contributed by atoms with Gasteiger partial charge in [0.25, 0.3) is 6.29 Å². The van der Waals surface area contributed by atoms with Crippen LogP contribution in [0.3, 0.4) is 0 Å². The van der Waals surface area contributed by atoms with E-state index in [1.54, 1.807) is 30.6 Å². The molecule has 0 saturated carbocycles. The zero-order chi connectivity index (χ0) is 10.1. The summed E-state index contributed by atoms with van der Waals surface area (Å²) in [6, 6.07) is 8.02. The number of aromatic nitrogens is 1. The van der Waals surface area contributed by atoms with Crippen molar-refractivity contribution < 1.29 is 9.59 Å². The lowest BCUT2D eigenvalue weighted by molar-refractivity contribution is 0.251. The first-order valence-electron chi connectivity index (χ1n) is 4.02. The van der Waals surface area contributed by atoms with E-state index in [9.17, 15) is 9.59 Å². The zero-order valence-electron chi connectivity index (χ0n) is 7.23. The summed E-state index contributed by atoms with van der Waals surface area (Å²) in [6.07, 6.45) is 1.68. The zero-order valence-corrected chi connectivity index (χ0v) is 7.23. The highest BCUT2D eigenvalue weighted by Crippen LogP contribution is 2.17. The Kier molecular flexibility index (Phi) is 1.81. The third kappa shape index (κ3) is 1.08. The van der Waals surface area contributed by atoms with Gasteiger partial charge in [-0.2, -0.15) is 0 Å². The van der Waals surface area contributed by atoms with Gasteiger partial charge in [-0.25, -0.2) is 4.79 Å². The van der Waals surface area contributed by atoms with Crippen LogP contribution in [-0.4, -0.2) is 16.9 Å². The fraction of sp³-hybridized carbons (Fsp3) is 0. The third-order valence-electron chi connectivity index (χ3n) is 2.04. The Hall–Kier alpha value is -2.10. The largest absolute Gasteiger partial charge is 0.351 e. The topological polar surface area (TPSA) is 65.1 Å². The molecule has 0 saturated heterocycles. The van der Waals surface area contributed by atoms with Gasteiger partial charge in [0.2, 0.25) is 0 Å². The number of hydrogen-bond donors (Lipinski definition) is 1. The Bertz CT molecular complexity index is 514. The molecule has 2 aromatic rings. The van der Waals surface area contributed by atoms with E-state index in [-0.39, 0.29) is 5.69 Å². The van der Waals surface area contributed by atoms with E-state index in [2.05, 4.69) is 0 Å². The van der Waals surface area contributed by atoms with Crippen LogP contribution in [0, 0.1) is 0 Å². The predicted octanol–water partition coefficient (Wildman–Crippen LogP) is 1.03. The molecule has 1 radical (unpaired) electrons. The second-order valence-electron chi connectivity index (χ2n) is 2.86. The van der Waals surface area contributed by atoms with Crippen molar-refractivity contribution in [2.75, 3.05) is 0 Å². The van der Waals surface area contributed by atoms with Crippen LogP contribution in [0.25, 0.3) is 10.9 Å². The molecule has 2 rings (SSSR count). The second-order valence-corrected chi connectivity index (χ2v) is 2.86. The number of carbonyl (C=O) groups excluding carboxylic acids is 2. The highest BCUT2D eigenvalue weighted by atomic mass is 16.2. The normalized spacial score (nSPS) is 10.3. The van der Waals surface area contributed by atoms with Crippen LogP contribution in [0.4, 0.5) is 4.79 Å². The van der Waals surface area contributed by atoms with Crippen LogP contribution in [0.15, 0.2) is 30.3 Å². The Balaban J connectivity index is 2.87. The van der Waals surface area contributed by atoms with Crippen molar-refractivity contribution in [1.29, 1.82) is 0 Å². The molecule has 0 spiro atoms. The third-order valence-corrected chi connectivity index (χ3v) is 2.04. The monoisotopic (exact) mass is 187 g/mol. The SMILES string of the molecule is NC(=O)n1c([C]=O)cc2ccccc21. The van der Waals surface area contributed by atoms with Crippen LogP contribution >= 0.6 is 0 Å². The molecule has 4 nitrogen and oxygen atoms in total. The van der Waals surface area contributed by atoms with Gasteiger partial charge in [0, 0.05) is 5.39 Å². The van der Waals surface area contributed by atoms with Gasteiger partial charge in [-0.15, -0.1) is 0 Å². The van der Waals surface area contributed by atoms with E-state index in [0.717, 1.165) is 9.95 Å². The number of nitrogens with two attached hydrogens (primary N) is 1. The molecule has 0 bridgehead atoms. The van der Waals surface area contributed by atoms with Gasteiger partial charge in [-0.3, -0.25) is 9.36 Å². The molecule has 4 heteroatoms. The fourth-order valence-electron chi connectivity index (χ4n) is 1.47. The highest BCUT2D eigenvalue weighted by molar-refractivity contribution is 5.98. The quantitative estimate of drug-likeness (QED) is 0.724. The number of fused-ring (bicyclic) bond motifs is 1. The molecule has 1 aromatic carbocycles. The van der Waals surface area contributed by atoms with E-state index in [1.165, 1.54) is 0 Å². The van der Waals surface area contributed by atoms with Gasteiger partial charge < -0.3 is 5.73 Å². The molecule has 0 atom stereocenters. The van der Waals surface area contributed by atoms with Crippen molar-refractivity contribution in [3.05, 3.63) is 36.0 Å². The average molecular weight is 187 g/mol. The molecule has 0 aliphatic rings. The van der Waals surface area contributed by atoms with Crippen LogP contribution in [0.1, 0.15) is 5.69 Å². The van der Waals surface area contributed by atoms with Crippen molar-refractivity contribution in [2.24, 2.45) is 5.73 Å². The lowest BCUT2D eigenvalue weighted by Gasteiger charge is -1.99. The summed E-state index contributed by atoms with van der Waals surface area (Å²) in [5.41, 5.74) is 5.92. The van der Waals surface area contributed by atoms with Crippen molar-refractivity contribution in [3.63, 3.8) is 0 Å². The van der Waals surface area contributed by atoms with Crippen molar-refractivity contribution in [1.82, 2.24) is 4.57 Å². The van der Waals surface area contributed by atoms with Gasteiger partial charge in [-0.1, -0.05) is 18.2 Å². The smallest absolute Gasteiger partial charge is 0.324 e. The van der Waals surface area contributed by atoms with Crippen molar-refractivity contribution >= 4 is 23.2 Å². The van der Waals surface area contributed by atoms with E-state index in [0.29, 0.717) is 5.52 Å². The first-order valence-corrected chi connectivity index (χ1v) is 4.02. The predicted molar refractivity (Wildman–Crippen MR) is 51.7 cm³/mol. The number of amides is 1. The van der Waals surface area contributed by atoms with Crippen LogP contribution < -0.4 is 5.73 Å². The molecule has 0 unspecified atom stereocenters. The number of benzene rings is 1. The van der Waals surface area contributed by atoms with Crippen molar-refractivity contribution in [2.45, 2.75) is 0 Å². The Morgan fingerprint density at radius 2 is 2.07 bits per heavy atom. The van der Waals surface area contributed by atoms with E-state index < -0.39 is 6.03 Å². The lowest BCUT2D eigenvalue weighted by Crippen LogP contribution is -2.21. The summed E-state index contributed by atoms with van der Waals surface area (Å²) in [6.45, 7) is 0. The molecule has 2 N–H and O–H groups in total. The molecule has 0 fully saturated rings. The minimum absolute atomic E-state index is 0.152. The lowest BCUT2D eigenvalue weighted by atomic mass is 10.2. The first kappa shape index (κ1) is 8.50. The molecular weight excluding hydrogens is 180 g/mol. The van der Waals surface area contributed by atoms with E-state index >= 15 is 0 Å². The number of carbonyl (C=O) groups is 1. The maximum atomic E-state index is 11.1. The van der Waals surface area contributed by atoms with Gasteiger partial charge >= 0.3 is 6.03 Å². The Morgan fingerprint density at radius 3 is 2.71 bits per heavy atom. The number of primary amides is 1. The number of nitrogens with zero attached hydrogens (tertiary/aromatic N) is 1. The molecular formula is C10H7N2O2. The second kappa shape index (κ2) is 2.99. The number of rotatable bonds is 1. The molecule has 1 heterocycles. The summed E-state index contributed by atoms with van der Waals surface area (Å²) in [5.74, 6) is 0. The Labute approximate surface area is 79.9 Å². The molecule has 0 aliphatic heterocycles. The summed E-state index contributed by atoms with van der Waals surface area (Å²) in [7, 11) is 0. The maximum Gasteiger partial charge on any atom is 0.324 e. The summed E-state index contributed by atoms with van der Waals surface area (Å²) >= 11 is 0.